The summed E-state index contributed by atoms with van der Waals surface area (Å²) >= 11 is 1.52. The Kier molecular flexibility index (Phi) is 6.08. The van der Waals surface area contributed by atoms with Crippen molar-refractivity contribution < 1.29 is 23.9 Å². The zero-order valence-corrected chi connectivity index (χ0v) is 19.8. The van der Waals surface area contributed by atoms with Gasteiger partial charge in [-0.2, -0.15) is 0 Å². The molecule has 0 bridgehead atoms. The van der Waals surface area contributed by atoms with Gasteiger partial charge in [0.1, 0.15) is 12.1 Å². The lowest BCUT2D eigenvalue weighted by Crippen LogP contribution is -2.46. The second-order valence-corrected chi connectivity index (χ2v) is 9.59. The van der Waals surface area contributed by atoms with Gasteiger partial charge in [0.05, 0.1) is 5.69 Å². The van der Waals surface area contributed by atoms with Crippen LogP contribution >= 0.6 is 11.8 Å². The van der Waals surface area contributed by atoms with Crippen LogP contribution in [0, 0.1) is 0 Å². The molecule has 2 N–H and O–H groups in total. The molecule has 0 aromatic heterocycles. The van der Waals surface area contributed by atoms with Gasteiger partial charge in [-0.1, -0.05) is 48.2 Å². The van der Waals surface area contributed by atoms with Crippen molar-refractivity contribution in [2.24, 2.45) is 0 Å². The van der Waals surface area contributed by atoms with Gasteiger partial charge in [-0.25, -0.2) is 4.79 Å². The van der Waals surface area contributed by atoms with Gasteiger partial charge in [0.2, 0.25) is 12.7 Å². The molecule has 178 valence electrons. The molecule has 2 aliphatic heterocycles. The molecular formula is C26H23N3O5S. The summed E-state index contributed by atoms with van der Waals surface area (Å²) in [6.45, 7) is 1.43. The Hall–Kier alpha value is -3.98. The summed E-state index contributed by atoms with van der Waals surface area (Å²) in [6, 6.07) is 22.0. The molecule has 0 unspecified atom stereocenters. The standard InChI is InChI=1S/C26H23N3O5S/c1-26(14-17-11-12-20-21(13-17)34-16-33-20)24(31)29(25(32)28-26)15-23(30)27-19-9-5-6-10-22(19)35-18-7-3-2-4-8-18/h2-13H,14-16H2,1H3,(H,27,30)(H,28,32)/t26-/m1/s1. The van der Waals surface area contributed by atoms with Crippen LogP contribution in [0.3, 0.4) is 0 Å². The minimum atomic E-state index is -1.17. The van der Waals surface area contributed by atoms with Crippen molar-refractivity contribution in [1.29, 1.82) is 0 Å². The van der Waals surface area contributed by atoms with Crippen LogP contribution in [-0.2, 0) is 16.0 Å². The van der Waals surface area contributed by atoms with Crippen molar-refractivity contribution in [1.82, 2.24) is 10.2 Å². The third kappa shape index (κ3) is 4.81. The minimum Gasteiger partial charge on any atom is -0.454 e. The monoisotopic (exact) mass is 489 g/mol. The fourth-order valence-electron chi connectivity index (χ4n) is 4.08. The Morgan fingerprint density at radius 1 is 1.03 bits per heavy atom. The highest BCUT2D eigenvalue weighted by atomic mass is 32.2. The molecule has 1 atom stereocenters. The number of rotatable bonds is 7. The van der Waals surface area contributed by atoms with Gasteiger partial charge in [-0.3, -0.25) is 14.5 Å². The number of carbonyl (C=O) groups excluding carboxylic acids is 3. The molecule has 0 saturated carbocycles. The molecule has 5 rings (SSSR count). The average molecular weight is 490 g/mol. The van der Waals surface area contributed by atoms with E-state index in [1.807, 2.05) is 54.6 Å². The Labute approximate surface area is 206 Å². The number of benzene rings is 3. The first-order chi connectivity index (χ1) is 16.9. The molecule has 9 heteroatoms. The summed E-state index contributed by atoms with van der Waals surface area (Å²) < 4.78 is 10.7. The van der Waals surface area contributed by atoms with E-state index in [2.05, 4.69) is 10.6 Å². The zero-order valence-electron chi connectivity index (χ0n) is 18.9. The molecule has 0 aliphatic carbocycles. The van der Waals surface area contributed by atoms with Crippen LogP contribution in [0.1, 0.15) is 12.5 Å². The molecule has 0 spiro atoms. The summed E-state index contributed by atoms with van der Waals surface area (Å²) in [7, 11) is 0. The van der Waals surface area contributed by atoms with Crippen LogP contribution in [0.4, 0.5) is 10.5 Å². The number of anilines is 1. The number of fused-ring (bicyclic) bond motifs is 1. The average Bonchev–Trinajstić information content (AvgIpc) is 3.39. The van der Waals surface area contributed by atoms with Crippen LogP contribution in [0.2, 0.25) is 0 Å². The Bertz CT molecular complexity index is 1300. The highest BCUT2D eigenvalue weighted by Crippen LogP contribution is 2.35. The van der Waals surface area contributed by atoms with E-state index < -0.39 is 23.4 Å². The lowest BCUT2D eigenvalue weighted by molar-refractivity contribution is -0.133. The van der Waals surface area contributed by atoms with Crippen LogP contribution in [0.5, 0.6) is 11.5 Å². The molecule has 3 aromatic carbocycles. The zero-order chi connectivity index (χ0) is 24.4. The summed E-state index contributed by atoms with van der Waals surface area (Å²) in [5, 5.41) is 5.58. The molecule has 8 nitrogen and oxygen atoms in total. The predicted molar refractivity (Wildman–Crippen MR) is 131 cm³/mol. The highest BCUT2D eigenvalue weighted by molar-refractivity contribution is 7.99. The van der Waals surface area contributed by atoms with Gasteiger partial charge in [-0.15, -0.1) is 0 Å². The Morgan fingerprint density at radius 3 is 2.60 bits per heavy atom. The number of ether oxygens (including phenoxy) is 2. The van der Waals surface area contributed by atoms with Crippen molar-refractivity contribution in [3.05, 3.63) is 78.4 Å². The van der Waals surface area contributed by atoms with E-state index in [0.717, 1.165) is 20.3 Å². The van der Waals surface area contributed by atoms with Gasteiger partial charge in [0.25, 0.3) is 5.91 Å². The molecule has 4 amide bonds. The summed E-state index contributed by atoms with van der Waals surface area (Å²) in [5.41, 5.74) is 0.247. The molecular weight excluding hydrogens is 466 g/mol. The number of hydrogen-bond donors (Lipinski definition) is 2. The Balaban J connectivity index is 1.26. The van der Waals surface area contributed by atoms with E-state index in [-0.39, 0.29) is 19.8 Å². The van der Waals surface area contributed by atoms with Crippen molar-refractivity contribution in [2.75, 3.05) is 18.7 Å². The normalized spacial score (nSPS) is 18.5. The summed E-state index contributed by atoms with van der Waals surface area (Å²) in [4.78, 5) is 41.5. The van der Waals surface area contributed by atoms with E-state index in [0.29, 0.717) is 17.2 Å². The largest absolute Gasteiger partial charge is 0.454 e. The highest BCUT2D eigenvalue weighted by Gasteiger charge is 2.48. The second kappa shape index (κ2) is 9.34. The van der Waals surface area contributed by atoms with E-state index >= 15 is 0 Å². The fourth-order valence-corrected chi connectivity index (χ4v) is 5.00. The van der Waals surface area contributed by atoms with E-state index in [9.17, 15) is 14.4 Å². The third-order valence-electron chi connectivity index (χ3n) is 5.77. The van der Waals surface area contributed by atoms with Crippen molar-refractivity contribution in [3.8, 4) is 11.5 Å². The molecule has 1 fully saturated rings. The number of imide groups is 1. The van der Waals surface area contributed by atoms with Gasteiger partial charge in [-0.05, 0) is 48.9 Å². The lowest BCUT2D eigenvalue weighted by atomic mass is 9.92. The SMILES string of the molecule is C[C@]1(Cc2ccc3c(c2)OCO3)NC(=O)N(CC(=O)Nc2ccccc2Sc2ccccc2)C1=O. The van der Waals surface area contributed by atoms with Crippen LogP contribution < -0.4 is 20.1 Å². The maximum absolute atomic E-state index is 13.2. The molecule has 1 saturated heterocycles. The number of para-hydroxylation sites is 1. The third-order valence-corrected chi connectivity index (χ3v) is 6.86. The minimum absolute atomic E-state index is 0.154. The van der Waals surface area contributed by atoms with Crippen molar-refractivity contribution in [2.45, 2.75) is 28.7 Å². The maximum Gasteiger partial charge on any atom is 0.325 e. The fraction of sp³-hybridized carbons (Fsp3) is 0.192. The van der Waals surface area contributed by atoms with Gasteiger partial charge < -0.3 is 20.1 Å². The van der Waals surface area contributed by atoms with Crippen LogP contribution in [-0.4, -0.2) is 41.6 Å². The first-order valence-corrected chi connectivity index (χ1v) is 11.9. The maximum atomic E-state index is 13.2. The number of hydrogen-bond acceptors (Lipinski definition) is 6. The van der Waals surface area contributed by atoms with Crippen molar-refractivity contribution >= 4 is 35.3 Å². The van der Waals surface area contributed by atoms with E-state index in [1.165, 1.54) is 11.8 Å². The van der Waals surface area contributed by atoms with E-state index in [4.69, 9.17) is 9.47 Å². The number of amides is 4. The van der Waals surface area contributed by atoms with Crippen molar-refractivity contribution in [3.63, 3.8) is 0 Å². The molecule has 3 aromatic rings. The number of nitrogens with one attached hydrogen (secondary N) is 2. The number of urea groups is 1. The Morgan fingerprint density at radius 2 is 1.77 bits per heavy atom. The molecule has 2 aliphatic rings. The molecule has 2 heterocycles. The van der Waals surface area contributed by atoms with Crippen LogP contribution in [0.15, 0.2) is 82.6 Å². The predicted octanol–water partition coefficient (Wildman–Crippen LogP) is 4.06. The van der Waals surface area contributed by atoms with Gasteiger partial charge >= 0.3 is 6.03 Å². The van der Waals surface area contributed by atoms with Gasteiger partial charge in [0.15, 0.2) is 11.5 Å². The quantitative estimate of drug-likeness (QED) is 0.486. The second-order valence-electron chi connectivity index (χ2n) is 8.48. The van der Waals surface area contributed by atoms with Gasteiger partial charge in [0, 0.05) is 16.2 Å². The number of nitrogens with zero attached hydrogens (tertiary/aromatic N) is 1. The van der Waals surface area contributed by atoms with Crippen LogP contribution in [0.25, 0.3) is 0 Å². The first-order valence-electron chi connectivity index (χ1n) is 11.1. The molecule has 0 radical (unpaired) electrons. The topological polar surface area (TPSA) is 97.0 Å². The lowest BCUT2D eigenvalue weighted by Gasteiger charge is -2.22. The summed E-state index contributed by atoms with van der Waals surface area (Å²) in [6.07, 6.45) is 0.253. The number of carbonyl (C=O) groups is 3. The molecule has 35 heavy (non-hydrogen) atoms. The smallest absolute Gasteiger partial charge is 0.325 e. The summed E-state index contributed by atoms with van der Waals surface area (Å²) in [5.74, 6) is 0.333. The first kappa shape index (κ1) is 22.8. The van der Waals surface area contributed by atoms with E-state index in [1.54, 1.807) is 25.1 Å².